The second-order valence-electron chi connectivity index (χ2n) is 7.05. The zero-order chi connectivity index (χ0) is 21.8. The maximum Gasteiger partial charge on any atom is 0.418 e. The van der Waals surface area contributed by atoms with Crippen molar-refractivity contribution in [2.75, 3.05) is 36.5 Å². The van der Waals surface area contributed by atoms with Crippen LogP contribution in [0.5, 0.6) is 0 Å². The molecule has 31 heavy (non-hydrogen) atoms. The van der Waals surface area contributed by atoms with Crippen LogP contribution in [0, 0.1) is 0 Å². The molecular weight excluding hydrogens is 407 g/mol. The maximum atomic E-state index is 13.7. The number of para-hydroxylation sites is 1. The Balaban J connectivity index is 1.67. The highest BCUT2D eigenvalue weighted by molar-refractivity contribution is 6.06. The van der Waals surface area contributed by atoms with Gasteiger partial charge in [-0.25, -0.2) is 0 Å². The Morgan fingerprint density at radius 2 is 1.77 bits per heavy atom. The van der Waals surface area contributed by atoms with Gasteiger partial charge in [0.05, 0.1) is 35.8 Å². The SMILES string of the molecule is O=C(Nc1cccc(C(F)(F)F)c1N1CCOCC1)c1cccc(-c2ccccn2)c1. The molecule has 0 aliphatic carbocycles. The maximum absolute atomic E-state index is 13.7. The highest BCUT2D eigenvalue weighted by atomic mass is 19.4. The van der Waals surface area contributed by atoms with Crippen molar-refractivity contribution in [2.45, 2.75) is 6.18 Å². The first-order valence-corrected chi connectivity index (χ1v) is 9.79. The topological polar surface area (TPSA) is 54.5 Å². The van der Waals surface area contributed by atoms with Gasteiger partial charge in [-0.15, -0.1) is 0 Å². The van der Waals surface area contributed by atoms with Crippen molar-refractivity contribution in [3.05, 3.63) is 78.0 Å². The molecule has 1 aliphatic heterocycles. The monoisotopic (exact) mass is 427 g/mol. The highest BCUT2D eigenvalue weighted by Gasteiger charge is 2.36. The van der Waals surface area contributed by atoms with Crippen molar-refractivity contribution in [2.24, 2.45) is 0 Å². The third-order valence-electron chi connectivity index (χ3n) is 5.00. The van der Waals surface area contributed by atoms with E-state index >= 15 is 0 Å². The molecule has 160 valence electrons. The largest absolute Gasteiger partial charge is 0.418 e. The molecule has 0 saturated carbocycles. The number of nitrogens with zero attached hydrogens (tertiary/aromatic N) is 2. The first-order chi connectivity index (χ1) is 14.9. The number of alkyl halides is 3. The molecule has 3 aromatic rings. The number of morpholine rings is 1. The summed E-state index contributed by atoms with van der Waals surface area (Å²) in [5, 5.41) is 2.67. The van der Waals surface area contributed by atoms with Gasteiger partial charge in [0.1, 0.15) is 0 Å². The third kappa shape index (κ3) is 4.69. The molecule has 0 bridgehead atoms. The number of anilines is 2. The van der Waals surface area contributed by atoms with Crippen LogP contribution in [-0.4, -0.2) is 37.2 Å². The Labute approximate surface area is 177 Å². The van der Waals surface area contributed by atoms with Crippen LogP contribution >= 0.6 is 0 Å². The van der Waals surface area contributed by atoms with E-state index in [2.05, 4.69) is 10.3 Å². The van der Waals surface area contributed by atoms with Crippen molar-refractivity contribution in [1.82, 2.24) is 4.98 Å². The van der Waals surface area contributed by atoms with E-state index < -0.39 is 17.6 Å². The molecule has 1 N–H and O–H groups in total. The van der Waals surface area contributed by atoms with Crippen LogP contribution in [0.3, 0.4) is 0 Å². The van der Waals surface area contributed by atoms with Gasteiger partial charge in [0.2, 0.25) is 0 Å². The van der Waals surface area contributed by atoms with Gasteiger partial charge in [0, 0.05) is 30.4 Å². The minimum Gasteiger partial charge on any atom is -0.378 e. The Kier molecular flexibility index (Phi) is 5.90. The van der Waals surface area contributed by atoms with Gasteiger partial charge in [-0.3, -0.25) is 9.78 Å². The van der Waals surface area contributed by atoms with Crippen LogP contribution < -0.4 is 10.2 Å². The molecule has 8 heteroatoms. The molecular formula is C23H20F3N3O2. The van der Waals surface area contributed by atoms with Crippen LogP contribution in [0.15, 0.2) is 66.9 Å². The summed E-state index contributed by atoms with van der Waals surface area (Å²) in [6.07, 6.45) is -2.90. The summed E-state index contributed by atoms with van der Waals surface area (Å²) in [4.78, 5) is 18.8. The molecule has 0 radical (unpaired) electrons. The molecule has 0 unspecified atom stereocenters. The minimum absolute atomic E-state index is 0.0347. The molecule has 1 fully saturated rings. The van der Waals surface area contributed by atoms with E-state index in [9.17, 15) is 18.0 Å². The standard InChI is InChI=1S/C23H20F3N3O2/c24-23(25,26)18-7-4-9-20(21(18)29-11-13-31-14-12-29)28-22(30)17-6-3-5-16(15-17)19-8-1-2-10-27-19/h1-10,15H,11-14H2,(H,28,30). The number of benzene rings is 2. The van der Waals surface area contributed by atoms with Crippen molar-refractivity contribution in [1.29, 1.82) is 0 Å². The van der Waals surface area contributed by atoms with E-state index in [1.807, 2.05) is 18.2 Å². The minimum atomic E-state index is -4.55. The Hall–Kier alpha value is -3.39. The molecule has 0 spiro atoms. The van der Waals surface area contributed by atoms with Crippen molar-refractivity contribution in [3.8, 4) is 11.3 Å². The number of pyridine rings is 1. The number of carbonyl (C=O) groups excluding carboxylic acids is 1. The Morgan fingerprint density at radius 1 is 1.00 bits per heavy atom. The van der Waals surface area contributed by atoms with Gasteiger partial charge in [0.25, 0.3) is 5.91 Å². The molecule has 5 nitrogen and oxygen atoms in total. The van der Waals surface area contributed by atoms with Crippen molar-refractivity contribution >= 4 is 17.3 Å². The number of carbonyl (C=O) groups is 1. The lowest BCUT2D eigenvalue weighted by Crippen LogP contribution is -2.38. The van der Waals surface area contributed by atoms with Gasteiger partial charge in [-0.05, 0) is 36.4 Å². The van der Waals surface area contributed by atoms with E-state index in [1.54, 1.807) is 35.4 Å². The van der Waals surface area contributed by atoms with E-state index in [4.69, 9.17) is 4.74 Å². The second-order valence-corrected chi connectivity index (χ2v) is 7.05. The highest BCUT2D eigenvalue weighted by Crippen LogP contribution is 2.41. The summed E-state index contributed by atoms with van der Waals surface area (Å²) < 4.78 is 46.4. The van der Waals surface area contributed by atoms with Crippen LogP contribution in [-0.2, 0) is 10.9 Å². The summed E-state index contributed by atoms with van der Waals surface area (Å²) in [5.41, 5.74) is 1.07. The van der Waals surface area contributed by atoms with Crippen LogP contribution in [0.1, 0.15) is 15.9 Å². The first kappa shape index (κ1) is 20.9. The molecule has 2 aromatic carbocycles. The average molecular weight is 427 g/mol. The third-order valence-corrected chi connectivity index (χ3v) is 5.00. The molecule has 4 rings (SSSR count). The van der Waals surface area contributed by atoms with Crippen LogP contribution in [0.25, 0.3) is 11.3 Å². The number of halogens is 3. The normalized spacial score (nSPS) is 14.4. The van der Waals surface area contributed by atoms with Crippen molar-refractivity contribution in [3.63, 3.8) is 0 Å². The lowest BCUT2D eigenvalue weighted by molar-refractivity contribution is -0.137. The molecule has 2 heterocycles. The predicted molar refractivity (Wildman–Crippen MR) is 112 cm³/mol. The molecule has 0 atom stereocenters. The lowest BCUT2D eigenvalue weighted by atomic mass is 10.1. The number of hydrogen-bond acceptors (Lipinski definition) is 4. The summed E-state index contributed by atoms with van der Waals surface area (Å²) >= 11 is 0. The predicted octanol–water partition coefficient (Wildman–Crippen LogP) is 4.86. The number of aromatic nitrogens is 1. The average Bonchev–Trinajstić information content (AvgIpc) is 2.79. The summed E-state index contributed by atoms with van der Waals surface area (Å²) in [7, 11) is 0. The van der Waals surface area contributed by atoms with Crippen molar-refractivity contribution < 1.29 is 22.7 Å². The Morgan fingerprint density at radius 3 is 2.48 bits per heavy atom. The fourth-order valence-electron chi connectivity index (χ4n) is 3.55. The fraction of sp³-hybridized carbons (Fsp3) is 0.217. The van der Waals surface area contributed by atoms with E-state index in [1.165, 1.54) is 12.1 Å². The van der Waals surface area contributed by atoms with Crippen LogP contribution in [0.4, 0.5) is 24.5 Å². The first-order valence-electron chi connectivity index (χ1n) is 9.79. The van der Waals surface area contributed by atoms with Crippen LogP contribution in [0.2, 0.25) is 0 Å². The van der Waals surface area contributed by atoms with E-state index in [0.717, 1.165) is 11.6 Å². The van der Waals surface area contributed by atoms with Gasteiger partial charge in [-0.1, -0.05) is 24.3 Å². The van der Waals surface area contributed by atoms with Gasteiger partial charge >= 0.3 is 6.18 Å². The number of rotatable bonds is 4. The molecule has 1 aromatic heterocycles. The quantitative estimate of drug-likeness (QED) is 0.646. The molecule has 1 aliphatic rings. The lowest BCUT2D eigenvalue weighted by Gasteiger charge is -2.32. The van der Waals surface area contributed by atoms with Gasteiger partial charge < -0.3 is 15.0 Å². The van der Waals surface area contributed by atoms with Gasteiger partial charge in [0.15, 0.2) is 0 Å². The zero-order valence-electron chi connectivity index (χ0n) is 16.5. The van der Waals surface area contributed by atoms with E-state index in [0.29, 0.717) is 37.6 Å². The Bertz CT molecular complexity index is 1070. The zero-order valence-corrected chi connectivity index (χ0v) is 16.5. The number of nitrogens with one attached hydrogen (secondary N) is 1. The number of hydrogen-bond donors (Lipinski definition) is 1. The summed E-state index contributed by atoms with van der Waals surface area (Å²) in [6, 6.07) is 16.1. The fourth-order valence-corrected chi connectivity index (χ4v) is 3.55. The number of amides is 1. The van der Waals surface area contributed by atoms with Gasteiger partial charge in [-0.2, -0.15) is 13.2 Å². The molecule has 1 amide bonds. The second kappa shape index (κ2) is 8.77. The molecule has 1 saturated heterocycles. The summed E-state index contributed by atoms with van der Waals surface area (Å²) in [6.45, 7) is 1.27. The number of ether oxygens (including phenoxy) is 1. The van der Waals surface area contributed by atoms with E-state index in [-0.39, 0.29) is 11.4 Å². The summed E-state index contributed by atoms with van der Waals surface area (Å²) in [5.74, 6) is -0.494. The smallest absolute Gasteiger partial charge is 0.378 e.